The van der Waals surface area contributed by atoms with Crippen LogP contribution in [0.4, 0.5) is 11.6 Å². The van der Waals surface area contributed by atoms with Crippen LogP contribution < -0.4 is 10.2 Å². The van der Waals surface area contributed by atoms with Crippen molar-refractivity contribution in [2.24, 2.45) is 0 Å². The second-order valence-corrected chi connectivity index (χ2v) is 6.89. The van der Waals surface area contributed by atoms with E-state index in [0.717, 1.165) is 25.9 Å². The summed E-state index contributed by atoms with van der Waals surface area (Å²) in [7, 11) is 1.31. The van der Waals surface area contributed by atoms with Crippen molar-refractivity contribution in [2.45, 2.75) is 18.6 Å². The summed E-state index contributed by atoms with van der Waals surface area (Å²) >= 11 is 0. The van der Waals surface area contributed by atoms with Crippen molar-refractivity contribution in [3.8, 4) is 0 Å². The van der Waals surface area contributed by atoms with Crippen molar-refractivity contribution < 1.29 is 23.8 Å². The van der Waals surface area contributed by atoms with E-state index in [9.17, 15) is 9.59 Å². The average molecular weight is 398 g/mol. The first kappa shape index (κ1) is 19.3. The van der Waals surface area contributed by atoms with Gasteiger partial charge in [0.2, 0.25) is 5.95 Å². The second-order valence-electron chi connectivity index (χ2n) is 6.89. The Morgan fingerprint density at radius 1 is 1.10 bits per heavy atom. The van der Waals surface area contributed by atoms with E-state index < -0.39 is 11.8 Å². The lowest BCUT2D eigenvalue weighted by Crippen LogP contribution is -2.45. The molecule has 0 radical (unpaired) electrons. The number of nitrogens with zero attached hydrogens (tertiary/aromatic N) is 3. The number of hydrogen-bond donors (Lipinski definition) is 1. The van der Waals surface area contributed by atoms with Gasteiger partial charge in [-0.05, 0) is 18.2 Å². The lowest BCUT2D eigenvalue weighted by Gasteiger charge is -2.37. The fraction of sp³-hybridized carbons (Fsp3) is 0.400. The third-order valence-electron chi connectivity index (χ3n) is 5.06. The summed E-state index contributed by atoms with van der Waals surface area (Å²) in [6, 6.07) is 6.53. The number of amides is 1. The highest BCUT2D eigenvalue weighted by molar-refractivity contribution is 6.04. The van der Waals surface area contributed by atoms with Crippen molar-refractivity contribution in [3.63, 3.8) is 0 Å². The molecule has 0 unspecified atom stereocenters. The third kappa shape index (κ3) is 4.20. The Morgan fingerprint density at radius 3 is 2.45 bits per heavy atom. The molecule has 0 bridgehead atoms. The zero-order valence-corrected chi connectivity index (χ0v) is 16.1. The predicted octanol–water partition coefficient (Wildman–Crippen LogP) is 1.86. The lowest BCUT2D eigenvalue weighted by molar-refractivity contribution is -0.169. The topological polar surface area (TPSA) is 103 Å². The van der Waals surface area contributed by atoms with E-state index in [1.807, 2.05) is 0 Å². The van der Waals surface area contributed by atoms with Gasteiger partial charge in [0.1, 0.15) is 0 Å². The zero-order valence-electron chi connectivity index (χ0n) is 16.1. The fourth-order valence-corrected chi connectivity index (χ4v) is 3.48. The van der Waals surface area contributed by atoms with Crippen LogP contribution in [0.2, 0.25) is 0 Å². The first-order chi connectivity index (χ1) is 14.1. The number of esters is 1. The smallest absolute Gasteiger partial charge is 0.337 e. The lowest BCUT2D eigenvalue weighted by atomic mass is 10.0. The number of anilines is 2. The molecule has 1 spiro atoms. The molecular weight excluding hydrogens is 376 g/mol. The highest BCUT2D eigenvalue weighted by Gasteiger charge is 2.40. The molecule has 0 saturated carbocycles. The van der Waals surface area contributed by atoms with Gasteiger partial charge in [-0.15, -0.1) is 0 Å². The molecule has 2 fully saturated rings. The monoisotopic (exact) mass is 398 g/mol. The molecule has 4 rings (SSSR count). The van der Waals surface area contributed by atoms with Crippen molar-refractivity contribution in [2.75, 3.05) is 43.6 Å². The van der Waals surface area contributed by atoms with E-state index in [0.29, 0.717) is 36.0 Å². The van der Waals surface area contributed by atoms with Crippen LogP contribution in [0.15, 0.2) is 36.7 Å². The number of ether oxygens (including phenoxy) is 3. The van der Waals surface area contributed by atoms with Gasteiger partial charge in [-0.1, -0.05) is 6.07 Å². The van der Waals surface area contributed by atoms with Gasteiger partial charge in [0.15, 0.2) is 5.79 Å². The third-order valence-corrected chi connectivity index (χ3v) is 5.06. The summed E-state index contributed by atoms with van der Waals surface area (Å²) in [5.41, 5.74) is 1.17. The number of piperidine rings is 1. The highest BCUT2D eigenvalue weighted by atomic mass is 16.7. The van der Waals surface area contributed by atoms with Crippen LogP contribution in [-0.4, -0.2) is 61.0 Å². The first-order valence-corrected chi connectivity index (χ1v) is 9.43. The molecular formula is C20H22N4O5. The van der Waals surface area contributed by atoms with Gasteiger partial charge < -0.3 is 24.4 Å². The van der Waals surface area contributed by atoms with Gasteiger partial charge in [0.25, 0.3) is 5.91 Å². The van der Waals surface area contributed by atoms with Gasteiger partial charge in [-0.2, -0.15) is 0 Å². The van der Waals surface area contributed by atoms with E-state index in [-0.39, 0.29) is 5.91 Å². The summed E-state index contributed by atoms with van der Waals surface area (Å²) in [6.45, 7) is 2.74. The van der Waals surface area contributed by atoms with E-state index in [1.165, 1.54) is 19.5 Å². The molecule has 152 valence electrons. The molecule has 3 heterocycles. The van der Waals surface area contributed by atoms with Crippen molar-refractivity contribution in [3.05, 3.63) is 47.8 Å². The summed E-state index contributed by atoms with van der Waals surface area (Å²) in [5, 5.41) is 2.74. The predicted molar refractivity (Wildman–Crippen MR) is 104 cm³/mol. The van der Waals surface area contributed by atoms with Crippen LogP contribution in [0, 0.1) is 0 Å². The molecule has 1 amide bonds. The number of aromatic nitrogens is 2. The summed E-state index contributed by atoms with van der Waals surface area (Å²) < 4.78 is 16.2. The Balaban J connectivity index is 1.38. The molecule has 29 heavy (non-hydrogen) atoms. The zero-order chi connectivity index (χ0) is 20.3. The average Bonchev–Trinajstić information content (AvgIpc) is 3.22. The van der Waals surface area contributed by atoms with Crippen molar-refractivity contribution in [1.29, 1.82) is 0 Å². The van der Waals surface area contributed by atoms with Crippen LogP contribution in [-0.2, 0) is 14.2 Å². The number of benzene rings is 1. The molecule has 1 aromatic carbocycles. The van der Waals surface area contributed by atoms with Crippen molar-refractivity contribution >= 4 is 23.5 Å². The van der Waals surface area contributed by atoms with Crippen molar-refractivity contribution in [1.82, 2.24) is 9.97 Å². The summed E-state index contributed by atoms with van der Waals surface area (Å²) in [6.07, 6.45) is 4.51. The molecule has 2 aliphatic heterocycles. The van der Waals surface area contributed by atoms with Gasteiger partial charge in [0.05, 0.1) is 31.5 Å². The molecule has 0 atom stereocenters. The maximum Gasteiger partial charge on any atom is 0.337 e. The molecule has 2 aromatic rings. The van der Waals surface area contributed by atoms with Crippen LogP contribution in [0.3, 0.4) is 0 Å². The largest absolute Gasteiger partial charge is 0.465 e. The number of hydrogen-bond acceptors (Lipinski definition) is 8. The van der Waals surface area contributed by atoms with Gasteiger partial charge in [-0.25, -0.2) is 14.8 Å². The molecule has 9 nitrogen and oxygen atoms in total. The van der Waals surface area contributed by atoms with Crippen LogP contribution in [0.1, 0.15) is 33.6 Å². The molecule has 9 heteroatoms. The quantitative estimate of drug-likeness (QED) is 0.779. The molecule has 0 aliphatic carbocycles. The highest BCUT2D eigenvalue weighted by Crippen LogP contribution is 2.32. The minimum atomic E-state index is -0.467. The standard InChI is InChI=1S/C20H22N4O5/c1-27-18(26)14-3-2-4-16(11-14)23-17(25)15-12-21-19(22-13-15)24-7-5-20(6-8-24)28-9-10-29-20/h2-4,11-13H,5-10H2,1H3,(H,23,25). The SMILES string of the molecule is COC(=O)c1cccc(NC(=O)c2cnc(N3CCC4(CC3)OCCO4)nc2)c1. The second kappa shape index (κ2) is 8.14. The summed E-state index contributed by atoms with van der Waals surface area (Å²) in [4.78, 5) is 34.8. The molecule has 2 saturated heterocycles. The van der Waals surface area contributed by atoms with E-state index in [1.54, 1.807) is 24.3 Å². The fourth-order valence-electron chi connectivity index (χ4n) is 3.48. The normalized spacial score (nSPS) is 17.9. The molecule has 1 aromatic heterocycles. The minimum absolute atomic E-state index is 0.327. The number of nitrogens with one attached hydrogen (secondary N) is 1. The Hall–Kier alpha value is -3.04. The first-order valence-electron chi connectivity index (χ1n) is 9.43. The van der Waals surface area contributed by atoms with E-state index in [4.69, 9.17) is 14.2 Å². The maximum absolute atomic E-state index is 12.5. The Morgan fingerprint density at radius 2 is 1.79 bits per heavy atom. The number of rotatable bonds is 4. The van der Waals surface area contributed by atoms with Gasteiger partial charge in [-0.3, -0.25) is 4.79 Å². The maximum atomic E-state index is 12.5. The molecule has 1 N–H and O–H groups in total. The van der Waals surface area contributed by atoms with Crippen LogP contribution in [0.5, 0.6) is 0 Å². The van der Waals surface area contributed by atoms with Crippen LogP contribution in [0.25, 0.3) is 0 Å². The Labute approximate surface area is 168 Å². The van der Waals surface area contributed by atoms with Gasteiger partial charge in [0, 0.05) is 44.0 Å². The van der Waals surface area contributed by atoms with Gasteiger partial charge >= 0.3 is 5.97 Å². The van der Waals surface area contributed by atoms with Crippen LogP contribution >= 0.6 is 0 Å². The Kier molecular flexibility index (Phi) is 5.41. The van der Waals surface area contributed by atoms with E-state index >= 15 is 0 Å². The minimum Gasteiger partial charge on any atom is -0.465 e. The number of carbonyl (C=O) groups excluding carboxylic acids is 2. The molecule has 2 aliphatic rings. The Bertz CT molecular complexity index is 886. The van der Waals surface area contributed by atoms with E-state index in [2.05, 4.69) is 20.2 Å². The number of methoxy groups -OCH3 is 1. The summed E-state index contributed by atoms with van der Waals surface area (Å²) in [5.74, 6) is -0.703. The number of carbonyl (C=O) groups is 2.